The molecule has 0 saturated carbocycles. The fourth-order valence-corrected chi connectivity index (χ4v) is 1.29. The second-order valence-electron chi connectivity index (χ2n) is 3.13. The summed E-state index contributed by atoms with van der Waals surface area (Å²) in [5, 5.41) is 8.55. The van der Waals surface area contributed by atoms with Crippen LogP contribution in [0.5, 0.6) is 0 Å². The van der Waals surface area contributed by atoms with Gasteiger partial charge in [0.1, 0.15) is 0 Å². The summed E-state index contributed by atoms with van der Waals surface area (Å²) in [5.74, 6) is 0. The first-order valence-electron chi connectivity index (χ1n) is 4.09. The maximum atomic E-state index is 8.55. The highest BCUT2D eigenvalue weighted by atomic mass is 14.2. The van der Waals surface area contributed by atoms with Crippen LogP contribution in [0.25, 0.3) is 0 Å². The zero-order chi connectivity index (χ0) is 9.14. The number of nitriles is 1. The second-order valence-corrected chi connectivity index (χ2v) is 3.13. The van der Waals surface area contributed by atoms with E-state index >= 15 is 0 Å². The first-order valence-corrected chi connectivity index (χ1v) is 4.09. The zero-order valence-electron chi connectivity index (χ0n) is 7.81. The fraction of sp³-hybridized carbons (Fsp3) is 0.364. The molecule has 0 fully saturated rings. The molecule has 1 aromatic rings. The van der Waals surface area contributed by atoms with Crippen LogP contribution < -0.4 is 0 Å². The molecule has 0 N–H and O–H groups in total. The highest BCUT2D eigenvalue weighted by molar-refractivity contribution is 5.39. The number of hydrogen-bond acceptors (Lipinski definition) is 1. The van der Waals surface area contributed by atoms with Crippen molar-refractivity contribution in [3.05, 3.63) is 34.4 Å². The standard InChI is InChI=1S/C11H13N/c1-8-4-5-11(6-7-12)10(3)9(8)2/h4-5H,6H2,1-3H3. The number of rotatable bonds is 1. The fourth-order valence-electron chi connectivity index (χ4n) is 1.29. The monoisotopic (exact) mass is 159 g/mol. The largest absolute Gasteiger partial charge is 0.198 e. The van der Waals surface area contributed by atoms with Crippen LogP contribution in [0, 0.1) is 32.1 Å². The molecule has 0 aliphatic carbocycles. The highest BCUT2D eigenvalue weighted by Gasteiger charge is 2.01. The Morgan fingerprint density at radius 1 is 1.17 bits per heavy atom. The van der Waals surface area contributed by atoms with E-state index in [4.69, 9.17) is 5.26 Å². The van der Waals surface area contributed by atoms with E-state index in [2.05, 4.69) is 32.9 Å². The van der Waals surface area contributed by atoms with Crippen LogP contribution >= 0.6 is 0 Å². The molecular formula is C11H13N. The Morgan fingerprint density at radius 2 is 1.83 bits per heavy atom. The summed E-state index contributed by atoms with van der Waals surface area (Å²) in [7, 11) is 0. The predicted octanol–water partition coefficient (Wildman–Crippen LogP) is 2.68. The number of aryl methyl sites for hydroxylation is 1. The number of nitrogens with zero attached hydrogens (tertiary/aromatic N) is 1. The van der Waals surface area contributed by atoms with Crippen LogP contribution in [0.1, 0.15) is 22.3 Å². The minimum absolute atomic E-state index is 0.521. The van der Waals surface area contributed by atoms with E-state index in [1.165, 1.54) is 16.7 Å². The lowest BCUT2D eigenvalue weighted by Gasteiger charge is -2.07. The third kappa shape index (κ3) is 1.48. The lowest BCUT2D eigenvalue weighted by molar-refractivity contribution is 1.16. The average molecular weight is 159 g/mol. The Hall–Kier alpha value is -1.29. The topological polar surface area (TPSA) is 23.8 Å². The summed E-state index contributed by atoms with van der Waals surface area (Å²) in [6.45, 7) is 6.28. The molecule has 0 saturated heterocycles. The molecule has 0 radical (unpaired) electrons. The summed E-state index contributed by atoms with van der Waals surface area (Å²) in [5.41, 5.74) is 5.02. The number of benzene rings is 1. The summed E-state index contributed by atoms with van der Waals surface area (Å²) in [6.07, 6.45) is 0.521. The number of hydrogen-bond donors (Lipinski definition) is 0. The van der Waals surface area contributed by atoms with Crippen LogP contribution in [-0.4, -0.2) is 0 Å². The maximum absolute atomic E-state index is 8.55. The third-order valence-corrected chi connectivity index (χ3v) is 2.44. The van der Waals surface area contributed by atoms with Crippen molar-refractivity contribution in [2.24, 2.45) is 0 Å². The van der Waals surface area contributed by atoms with Crippen LogP contribution in [0.3, 0.4) is 0 Å². The van der Waals surface area contributed by atoms with Gasteiger partial charge in [0.2, 0.25) is 0 Å². The van der Waals surface area contributed by atoms with Gasteiger partial charge in [0, 0.05) is 0 Å². The molecular weight excluding hydrogens is 146 g/mol. The normalized spacial score (nSPS) is 9.50. The molecule has 1 nitrogen and oxygen atoms in total. The lowest BCUT2D eigenvalue weighted by atomic mass is 9.97. The molecule has 1 heteroatoms. The molecule has 0 aromatic heterocycles. The third-order valence-electron chi connectivity index (χ3n) is 2.44. The SMILES string of the molecule is Cc1ccc(CC#N)c(C)c1C. The Labute approximate surface area is 73.6 Å². The van der Waals surface area contributed by atoms with Crippen molar-refractivity contribution in [1.29, 1.82) is 5.26 Å². The highest BCUT2D eigenvalue weighted by Crippen LogP contribution is 2.16. The zero-order valence-corrected chi connectivity index (χ0v) is 7.81. The van der Waals surface area contributed by atoms with Crippen molar-refractivity contribution in [3.63, 3.8) is 0 Å². The Bertz CT molecular complexity index is 332. The van der Waals surface area contributed by atoms with E-state index in [1.807, 2.05) is 6.07 Å². The molecule has 0 atom stereocenters. The van der Waals surface area contributed by atoms with Crippen LogP contribution in [-0.2, 0) is 6.42 Å². The maximum Gasteiger partial charge on any atom is 0.0669 e. The molecule has 0 bridgehead atoms. The van der Waals surface area contributed by atoms with E-state index in [1.54, 1.807) is 0 Å². The van der Waals surface area contributed by atoms with E-state index in [0.29, 0.717) is 6.42 Å². The quantitative estimate of drug-likeness (QED) is 0.618. The van der Waals surface area contributed by atoms with Gasteiger partial charge >= 0.3 is 0 Å². The summed E-state index contributed by atoms with van der Waals surface area (Å²) < 4.78 is 0. The molecule has 0 spiro atoms. The van der Waals surface area contributed by atoms with Crippen molar-refractivity contribution in [3.8, 4) is 6.07 Å². The van der Waals surface area contributed by atoms with Gasteiger partial charge in [0.15, 0.2) is 0 Å². The molecule has 1 aromatic carbocycles. The molecule has 0 aliphatic rings. The predicted molar refractivity (Wildman–Crippen MR) is 50.0 cm³/mol. The van der Waals surface area contributed by atoms with Gasteiger partial charge in [-0.1, -0.05) is 12.1 Å². The van der Waals surface area contributed by atoms with Gasteiger partial charge in [-0.15, -0.1) is 0 Å². The van der Waals surface area contributed by atoms with E-state index < -0.39 is 0 Å². The van der Waals surface area contributed by atoms with Gasteiger partial charge in [0.05, 0.1) is 12.5 Å². The first-order chi connectivity index (χ1) is 5.66. The summed E-state index contributed by atoms with van der Waals surface area (Å²) >= 11 is 0. The van der Waals surface area contributed by atoms with E-state index in [9.17, 15) is 0 Å². The molecule has 0 amide bonds. The summed E-state index contributed by atoms with van der Waals surface area (Å²) in [6, 6.07) is 6.29. The van der Waals surface area contributed by atoms with Gasteiger partial charge in [-0.05, 0) is 43.0 Å². The summed E-state index contributed by atoms with van der Waals surface area (Å²) in [4.78, 5) is 0. The van der Waals surface area contributed by atoms with E-state index in [0.717, 1.165) is 5.56 Å². The average Bonchev–Trinajstić information content (AvgIpc) is 2.07. The minimum atomic E-state index is 0.521. The molecule has 0 heterocycles. The molecule has 12 heavy (non-hydrogen) atoms. The van der Waals surface area contributed by atoms with Crippen molar-refractivity contribution in [2.45, 2.75) is 27.2 Å². The molecule has 0 unspecified atom stereocenters. The van der Waals surface area contributed by atoms with Crippen molar-refractivity contribution in [1.82, 2.24) is 0 Å². The van der Waals surface area contributed by atoms with Crippen LogP contribution in [0.2, 0.25) is 0 Å². The Kier molecular flexibility index (Phi) is 2.50. The Morgan fingerprint density at radius 3 is 2.42 bits per heavy atom. The second kappa shape index (κ2) is 3.40. The van der Waals surface area contributed by atoms with E-state index in [-0.39, 0.29) is 0 Å². The van der Waals surface area contributed by atoms with Gasteiger partial charge in [-0.2, -0.15) is 5.26 Å². The molecule has 0 aliphatic heterocycles. The first kappa shape index (κ1) is 8.80. The van der Waals surface area contributed by atoms with Gasteiger partial charge in [-0.3, -0.25) is 0 Å². The van der Waals surface area contributed by atoms with Crippen molar-refractivity contribution < 1.29 is 0 Å². The van der Waals surface area contributed by atoms with Crippen LogP contribution in [0.4, 0.5) is 0 Å². The Balaban J connectivity index is 3.19. The minimum Gasteiger partial charge on any atom is -0.198 e. The molecule has 1 rings (SSSR count). The molecule has 62 valence electrons. The van der Waals surface area contributed by atoms with Gasteiger partial charge in [0.25, 0.3) is 0 Å². The van der Waals surface area contributed by atoms with Gasteiger partial charge < -0.3 is 0 Å². The van der Waals surface area contributed by atoms with Crippen LogP contribution in [0.15, 0.2) is 12.1 Å². The lowest BCUT2D eigenvalue weighted by Crippen LogP contribution is -1.93. The van der Waals surface area contributed by atoms with Gasteiger partial charge in [-0.25, -0.2) is 0 Å². The smallest absolute Gasteiger partial charge is 0.0669 e. The van der Waals surface area contributed by atoms with Crippen molar-refractivity contribution in [2.75, 3.05) is 0 Å². The van der Waals surface area contributed by atoms with Crippen molar-refractivity contribution >= 4 is 0 Å².